The Hall–Kier alpha value is -1.86. The van der Waals surface area contributed by atoms with Crippen molar-refractivity contribution in [1.29, 1.82) is 0 Å². The Labute approximate surface area is 149 Å². The number of rotatable bonds is 6. The van der Waals surface area contributed by atoms with Gasteiger partial charge >= 0.3 is 6.09 Å². The van der Waals surface area contributed by atoms with Crippen LogP contribution in [0, 0.1) is 5.92 Å². The zero-order valence-electron chi connectivity index (χ0n) is 13.2. The molecule has 1 saturated carbocycles. The molecule has 1 aromatic rings. The van der Waals surface area contributed by atoms with Gasteiger partial charge < -0.3 is 14.2 Å². The van der Waals surface area contributed by atoms with Crippen LogP contribution in [0.2, 0.25) is 0 Å². The maximum absolute atomic E-state index is 11.9. The number of ether oxygens (including phenoxy) is 3. The van der Waals surface area contributed by atoms with Crippen LogP contribution in [0.15, 0.2) is 18.2 Å². The van der Waals surface area contributed by atoms with Crippen molar-refractivity contribution in [3.05, 3.63) is 23.8 Å². The molecule has 24 heavy (non-hydrogen) atoms. The van der Waals surface area contributed by atoms with Gasteiger partial charge in [-0.3, -0.25) is 10.2 Å². The Morgan fingerprint density at radius 3 is 2.54 bits per heavy atom. The predicted molar refractivity (Wildman–Crippen MR) is 88.4 cm³/mol. The average Bonchev–Trinajstić information content (AvgIpc) is 3.18. The summed E-state index contributed by atoms with van der Waals surface area (Å²) in [5, 5.41) is 0. The number of hydrogen-bond donors (Lipinski definition) is 2. The van der Waals surface area contributed by atoms with Crippen LogP contribution in [-0.4, -0.2) is 37.2 Å². The first-order valence-corrected chi connectivity index (χ1v) is 7.91. The van der Waals surface area contributed by atoms with E-state index >= 15 is 0 Å². The first-order valence-electron chi connectivity index (χ1n) is 7.16. The molecule has 1 aliphatic rings. The fourth-order valence-electron chi connectivity index (χ4n) is 2.00. The summed E-state index contributed by atoms with van der Waals surface area (Å²) >= 11 is 11.6. The first-order chi connectivity index (χ1) is 11.4. The van der Waals surface area contributed by atoms with E-state index in [2.05, 4.69) is 10.9 Å². The normalized spacial score (nSPS) is 17.6. The van der Waals surface area contributed by atoms with Crippen molar-refractivity contribution >= 4 is 35.2 Å². The predicted octanol–water partition coefficient (Wildman–Crippen LogP) is 2.20. The number of hydrazine groups is 1. The summed E-state index contributed by atoms with van der Waals surface area (Å²) in [5.41, 5.74) is 5.07. The molecule has 2 rings (SSSR count). The van der Waals surface area contributed by atoms with Gasteiger partial charge in [0, 0.05) is 17.5 Å². The van der Waals surface area contributed by atoms with Crippen molar-refractivity contribution in [3.8, 4) is 11.5 Å². The molecule has 1 aliphatic carbocycles. The minimum absolute atomic E-state index is 0.0164. The van der Waals surface area contributed by atoms with Crippen molar-refractivity contribution in [2.45, 2.75) is 17.2 Å². The Balaban J connectivity index is 1.76. The van der Waals surface area contributed by atoms with E-state index in [0.717, 1.165) is 0 Å². The van der Waals surface area contributed by atoms with Crippen molar-refractivity contribution in [3.63, 3.8) is 0 Å². The lowest BCUT2D eigenvalue weighted by molar-refractivity contribution is -0.121. The van der Waals surface area contributed by atoms with Gasteiger partial charge in [0.15, 0.2) is 0 Å². The molecule has 132 valence electrons. The van der Waals surface area contributed by atoms with E-state index < -0.39 is 16.3 Å². The van der Waals surface area contributed by atoms with Crippen LogP contribution >= 0.6 is 23.2 Å². The van der Waals surface area contributed by atoms with Gasteiger partial charge in [-0.05, 0) is 12.5 Å². The van der Waals surface area contributed by atoms with E-state index in [0.29, 0.717) is 23.5 Å². The van der Waals surface area contributed by atoms with Gasteiger partial charge in [-0.2, -0.15) is 0 Å². The van der Waals surface area contributed by atoms with Gasteiger partial charge in [0.1, 0.15) is 15.8 Å². The molecule has 7 nitrogen and oxygen atoms in total. The molecule has 0 saturated heterocycles. The van der Waals surface area contributed by atoms with E-state index in [1.165, 1.54) is 14.2 Å². The second-order valence-corrected chi connectivity index (χ2v) is 6.83. The van der Waals surface area contributed by atoms with Crippen LogP contribution in [0.1, 0.15) is 12.0 Å². The van der Waals surface area contributed by atoms with Crippen LogP contribution in [0.25, 0.3) is 0 Å². The Bertz CT molecular complexity index is 624. The first kappa shape index (κ1) is 18.5. The van der Waals surface area contributed by atoms with E-state index in [1.54, 1.807) is 18.2 Å². The zero-order valence-corrected chi connectivity index (χ0v) is 14.7. The maximum atomic E-state index is 11.9. The molecular weight excluding hydrogens is 359 g/mol. The Kier molecular flexibility index (Phi) is 6.01. The summed E-state index contributed by atoms with van der Waals surface area (Å²) < 4.78 is 14.4. The molecule has 0 heterocycles. The van der Waals surface area contributed by atoms with Crippen LogP contribution in [0.4, 0.5) is 4.79 Å². The van der Waals surface area contributed by atoms with Crippen LogP contribution in [0.5, 0.6) is 11.5 Å². The highest BCUT2D eigenvalue weighted by Crippen LogP contribution is 2.53. The average molecular weight is 377 g/mol. The third-order valence-electron chi connectivity index (χ3n) is 3.52. The molecule has 0 aromatic heterocycles. The van der Waals surface area contributed by atoms with Gasteiger partial charge in [-0.25, -0.2) is 10.2 Å². The highest BCUT2D eigenvalue weighted by Gasteiger charge is 2.52. The molecule has 1 aromatic carbocycles. The number of halogens is 2. The number of alkyl halides is 2. The van der Waals surface area contributed by atoms with E-state index in [1.807, 2.05) is 0 Å². The number of nitrogens with one attached hydrogen (secondary N) is 2. The standard InChI is InChI=1S/C15H18Cl2N2O5/c1-22-11-4-3-9(12(6-11)23-2)5-13(20)18-19-14(21)24-8-10-7-15(10,16)17/h3-4,6,10H,5,7-8H2,1-2H3,(H,18,20)(H,19,21). The quantitative estimate of drug-likeness (QED) is 0.587. The second-order valence-electron chi connectivity index (χ2n) is 5.29. The van der Waals surface area contributed by atoms with Gasteiger partial charge in [-0.1, -0.05) is 6.07 Å². The summed E-state index contributed by atoms with van der Waals surface area (Å²) in [7, 11) is 3.04. The molecular formula is C15H18Cl2N2O5. The van der Waals surface area contributed by atoms with E-state index in [9.17, 15) is 9.59 Å². The molecule has 1 atom stereocenters. The van der Waals surface area contributed by atoms with Crippen molar-refractivity contribution < 1.29 is 23.8 Å². The Morgan fingerprint density at radius 1 is 1.25 bits per heavy atom. The fraction of sp³-hybridized carbons (Fsp3) is 0.467. The number of hydrogen-bond acceptors (Lipinski definition) is 5. The minimum Gasteiger partial charge on any atom is -0.497 e. The topological polar surface area (TPSA) is 85.9 Å². The number of benzene rings is 1. The molecule has 1 unspecified atom stereocenters. The second kappa shape index (κ2) is 7.81. The SMILES string of the molecule is COc1ccc(CC(=O)NNC(=O)OCC2CC2(Cl)Cl)c(OC)c1. The number of carbonyl (C=O) groups excluding carboxylic acids is 2. The summed E-state index contributed by atoms with van der Waals surface area (Å²) in [4.78, 5) is 23.4. The van der Waals surface area contributed by atoms with Gasteiger partial charge in [0.25, 0.3) is 0 Å². The molecule has 2 N–H and O–H groups in total. The Morgan fingerprint density at radius 2 is 1.96 bits per heavy atom. The molecule has 1 fully saturated rings. The number of methoxy groups -OCH3 is 2. The fourth-order valence-corrected chi connectivity index (χ4v) is 2.50. The third-order valence-corrected chi connectivity index (χ3v) is 4.45. The largest absolute Gasteiger partial charge is 0.497 e. The molecule has 0 radical (unpaired) electrons. The van der Waals surface area contributed by atoms with E-state index in [-0.39, 0.29) is 18.9 Å². The van der Waals surface area contributed by atoms with Crippen LogP contribution < -0.4 is 20.3 Å². The van der Waals surface area contributed by atoms with Crippen molar-refractivity contribution in [1.82, 2.24) is 10.9 Å². The highest BCUT2D eigenvalue weighted by molar-refractivity contribution is 6.50. The smallest absolute Gasteiger partial charge is 0.426 e. The molecule has 0 bridgehead atoms. The van der Waals surface area contributed by atoms with Gasteiger partial charge in [0.05, 0.1) is 27.2 Å². The number of amides is 2. The summed E-state index contributed by atoms with van der Waals surface area (Å²) in [6.07, 6.45) is -0.184. The lowest BCUT2D eigenvalue weighted by Gasteiger charge is -2.11. The monoisotopic (exact) mass is 376 g/mol. The lowest BCUT2D eigenvalue weighted by Crippen LogP contribution is -2.42. The molecule has 9 heteroatoms. The van der Waals surface area contributed by atoms with Crippen LogP contribution in [0.3, 0.4) is 0 Å². The minimum atomic E-state index is -0.811. The summed E-state index contributed by atoms with van der Waals surface area (Å²) in [6.45, 7) is 0.0982. The zero-order chi connectivity index (χ0) is 17.7. The summed E-state index contributed by atoms with van der Waals surface area (Å²) in [6, 6.07) is 5.10. The van der Waals surface area contributed by atoms with E-state index in [4.69, 9.17) is 37.4 Å². The van der Waals surface area contributed by atoms with Crippen molar-refractivity contribution in [2.24, 2.45) is 5.92 Å². The van der Waals surface area contributed by atoms with Crippen molar-refractivity contribution in [2.75, 3.05) is 20.8 Å². The third kappa shape index (κ3) is 5.07. The lowest BCUT2D eigenvalue weighted by atomic mass is 10.1. The number of carbonyl (C=O) groups is 2. The van der Waals surface area contributed by atoms with Crippen LogP contribution in [-0.2, 0) is 16.0 Å². The maximum Gasteiger partial charge on any atom is 0.426 e. The molecule has 2 amide bonds. The van der Waals surface area contributed by atoms with Gasteiger partial charge in [-0.15, -0.1) is 23.2 Å². The highest BCUT2D eigenvalue weighted by atomic mass is 35.5. The molecule has 0 spiro atoms. The molecule has 0 aliphatic heterocycles. The summed E-state index contributed by atoms with van der Waals surface area (Å²) in [5.74, 6) is 0.630. The van der Waals surface area contributed by atoms with Gasteiger partial charge in [0.2, 0.25) is 5.91 Å².